The maximum absolute atomic E-state index is 13.9. The molecule has 5 nitrogen and oxygen atoms in total. The molecule has 3 rings (SSSR count). The van der Waals surface area contributed by atoms with Gasteiger partial charge in [0.15, 0.2) is 0 Å². The van der Waals surface area contributed by atoms with E-state index in [0.717, 1.165) is 10.9 Å². The zero-order valence-electron chi connectivity index (χ0n) is 12.0. The lowest BCUT2D eigenvalue weighted by Crippen LogP contribution is -2.54. The number of hydrogen-bond acceptors (Lipinski definition) is 4. The zero-order chi connectivity index (χ0) is 16.6. The van der Waals surface area contributed by atoms with E-state index in [1.54, 1.807) is 6.07 Å². The summed E-state index contributed by atoms with van der Waals surface area (Å²) in [6, 6.07) is 8.03. The molecule has 0 unspecified atom stereocenters. The molecule has 1 N–H and O–H groups in total. The van der Waals surface area contributed by atoms with E-state index in [-0.39, 0.29) is 11.3 Å². The number of rotatable bonds is 2. The van der Waals surface area contributed by atoms with Crippen LogP contribution in [0.4, 0.5) is 14.9 Å². The fourth-order valence-corrected chi connectivity index (χ4v) is 3.00. The monoisotopic (exact) mass is 330 g/mol. The fraction of sp³-hybridized carbons (Fsp3) is 0.0625. The van der Waals surface area contributed by atoms with Crippen molar-refractivity contribution in [3.8, 4) is 0 Å². The van der Waals surface area contributed by atoms with Crippen molar-refractivity contribution in [2.45, 2.75) is 6.92 Å². The number of barbiturate groups is 1. The number of anilines is 1. The molecule has 0 bridgehead atoms. The number of carbonyl (C=O) groups excluding carboxylic acids is 3. The van der Waals surface area contributed by atoms with E-state index in [0.29, 0.717) is 9.78 Å². The van der Waals surface area contributed by atoms with Crippen LogP contribution in [0.15, 0.2) is 42.0 Å². The Morgan fingerprint density at radius 3 is 2.52 bits per heavy atom. The highest BCUT2D eigenvalue weighted by Gasteiger charge is 2.37. The number of halogens is 1. The average Bonchev–Trinajstić information content (AvgIpc) is 2.91. The molecule has 0 atom stereocenters. The molecule has 1 saturated heterocycles. The Hall–Kier alpha value is -2.80. The molecular formula is C16H11FN2O3S. The minimum Gasteiger partial charge on any atom is -0.273 e. The molecule has 1 fully saturated rings. The van der Waals surface area contributed by atoms with E-state index < -0.39 is 23.7 Å². The van der Waals surface area contributed by atoms with Gasteiger partial charge in [0.05, 0.1) is 5.69 Å². The van der Waals surface area contributed by atoms with Crippen molar-refractivity contribution in [2.24, 2.45) is 0 Å². The maximum Gasteiger partial charge on any atom is 0.336 e. The summed E-state index contributed by atoms with van der Waals surface area (Å²) < 4.78 is 13.9. The van der Waals surface area contributed by atoms with E-state index in [4.69, 9.17) is 0 Å². The Kier molecular flexibility index (Phi) is 3.79. The van der Waals surface area contributed by atoms with Crippen molar-refractivity contribution in [1.29, 1.82) is 0 Å². The van der Waals surface area contributed by atoms with Crippen LogP contribution in [-0.2, 0) is 9.59 Å². The summed E-state index contributed by atoms with van der Waals surface area (Å²) in [6.07, 6.45) is 1.40. The number of thiophene rings is 1. The number of hydrogen-bond donors (Lipinski definition) is 1. The van der Waals surface area contributed by atoms with Gasteiger partial charge in [0.2, 0.25) is 0 Å². The Labute approximate surface area is 135 Å². The van der Waals surface area contributed by atoms with Crippen LogP contribution in [0.3, 0.4) is 0 Å². The van der Waals surface area contributed by atoms with Gasteiger partial charge >= 0.3 is 6.03 Å². The number of aryl methyl sites for hydroxylation is 1. The molecule has 4 amide bonds. The SMILES string of the molecule is Cc1ccc(C=C2C(=O)NC(=O)N(c3ccccc3F)C2=O)s1. The second-order valence-corrected chi connectivity index (χ2v) is 6.18. The van der Waals surface area contributed by atoms with Gasteiger partial charge in [0, 0.05) is 9.75 Å². The highest BCUT2D eigenvalue weighted by molar-refractivity contribution is 7.12. The Morgan fingerprint density at radius 2 is 1.87 bits per heavy atom. The highest BCUT2D eigenvalue weighted by atomic mass is 32.1. The summed E-state index contributed by atoms with van der Waals surface area (Å²) in [5, 5.41) is 2.06. The lowest BCUT2D eigenvalue weighted by molar-refractivity contribution is -0.122. The molecule has 0 aliphatic carbocycles. The number of imide groups is 2. The summed E-state index contributed by atoms with van der Waals surface area (Å²) >= 11 is 1.40. The highest BCUT2D eigenvalue weighted by Crippen LogP contribution is 2.25. The Morgan fingerprint density at radius 1 is 1.13 bits per heavy atom. The molecule has 0 radical (unpaired) electrons. The van der Waals surface area contributed by atoms with Crippen LogP contribution in [0.2, 0.25) is 0 Å². The fourth-order valence-electron chi connectivity index (χ4n) is 2.18. The van der Waals surface area contributed by atoms with Gasteiger partial charge in [0.25, 0.3) is 11.8 Å². The first kappa shape index (κ1) is 15.1. The van der Waals surface area contributed by atoms with Crippen LogP contribution in [0, 0.1) is 12.7 Å². The van der Waals surface area contributed by atoms with Crippen LogP contribution in [-0.4, -0.2) is 17.8 Å². The van der Waals surface area contributed by atoms with Crippen molar-refractivity contribution in [3.05, 3.63) is 57.5 Å². The number of benzene rings is 1. The van der Waals surface area contributed by atoms with Gasteiger partial charge in [-0.25, -0.2) is 14.1 Å². The number of para-hydroxylation sites is 1. The second-order valence-electron chi connectivity index (χ2n) is 4.86. The predicted octanol–water partition coefficient (Wildman–Crippen LogP) is 2.86. The minimum absolute atomic E-state index is 0.198. The standard InChI is InChI=1S/C16H11FN2O3S/c1-9-6-7-10(23-9)8-11-14(20)18-16(22)19(15(11)21)13-5-3-2-4-12(13)17/h2-8H,1H3,(H,18,20,22). The summed E-state index contributed by atoms with van der Waals surface area (Å²) in [4.78, 5) is 38.8. The summed E-state index contributed by atoms with van der Waals surface area (Å²) in [5.74, 6) is -2.37. The molecule has 1 aromatic heterocycles. The van der Waals surface area contributed by atoms with Crippen molar-refractivity contribution in [1.82, 2.24) is 5.32 Å². The topological polar surface area (TPSA) is 66.5 Å². The summed E-state index contributed by atoms with van der Waals surface area (Å²) in [5.41, 5.74) is -0.412. The molecule has 1 aliphatic rings. The van der Waals surface area contributed by atoms with Gasteiger partial charge in [-0.2, -0.15) is 0 Å². The second kappa shape index (κ2) is 5.77. The van der Waals surface area contributed by atoms with Gasteiger partial charge in [-0.1, -0.05) is 12.1 Å². The largest absolute Gasteiger partial charge is 0.336 e. The number of carbonyl (C=O) groups is 3. The summed E-state index contributed by atoms with van der Waals surface area (Å²) in [6.45, 7) is 1.89. The normalized spacial score (nSPS) is 16.9. The molecule has 1 aromatic carbocycles. The molecule has 23 heavy (non-hydrogen) atoms. The number of amides is 4. The van der Waals surface area contributed by atoms with Crippen LogP contribution in [0.25, 0.3) is 6.08 Å². The number of nitrogens with zero attached hydrogens (tertiary/aromatic N) is 1. The van der Waals surface area contributed by atoms with Crippen molar-refractivity contribution < 1.29 is 18.8 Å². The van der Waals surface area contributed by atoms with Gasteiger partial charge in [-0.15, -0.1) is 11.3 Å². The number of nitrogens with one attached hydrogen (secondary N) is 1. The molecule has 0 spiro atoms. The quantitative estimate of drug-likeness (QED) is 0.680. The van der Waals surface area contributed by atoms with Gasteiger partial charge in [0.1, 0.15) is 11.4 Å². The van der Waals surface area contributed by atoms with Crippen LogP contribution >= 0.6 is 11.3 Å². The Bertz CT molecular complexity index is 857. The van der Waals surface area contributed by atoms with Crippen LogP contribution in [0.5, 0.6) is 0 Å². The lowest BCUT2D eigenvalue weighted by atomic mass is 10.1. The smallest absolute Gasteiger partial charge is 0.273 e. The molecule has 2 aromatic rings. The van der Waals surface area contributed by atoms with Gasteiger partial charge in [-0.3, -0.25) is 14.9 Å². The number of urea groups is 1. The molecular weight excluding hydrogens is 319 g/mol. The third kappa shape index (κ3) is 2.78. The molecule has 1 aliphatic heterocycles. The van der Waals surface area contributed by atoms with Crippen LogP contribution < -0.4 is 10.2 Å². The molecule has 2 heterocycles. The predicted molar refractivity (Wildman–Crippen MR) is 84.5 cm³/mol. The lowest BCUT2D eigenvalue weighted by Gasteiger charge is -2.26. The third-order valence-electron chi connectivity index (χ3n) is 3.24. The van der Waals surface area contributed by atoms with E-state index in [9.17, 15) is 18.8 Å². The third-order valence-corrected chi connectivity index (χ3v) is 4.19. The molecule has 7 heteroatoms. The van der Waals surface area contributed by atoms with Gasteiger partial charge < -0.3 is 0 Å². The van der Waals surface area contributed by atoms with Crippen LogP contribution in [0.1, 0.15) is 9.75 Å². The molecule has 116 valence electrons. The van der Waals surface area contributed by atoms with Crippen molar-refractivity contribution in [2.75, 3.05) is 4.90 Å². The Balaban J connectivity index is 2.04. The zero-order valence-corrected chi connectivity index (χ0v) is 12.8. The van der Waals surface area contributed by atoms with E-state index in [1.165, 1.54) is 35.6 Å². The van der Waals surface area contributed by atoms with E-state index in [2.05, 4.69) is 5.32 Å². The maximum atomic E-state index is 13.9. The van der Waals surface area contributed by atoms with Crippen molar-refractivity contribution >= 4 is 40.9 Å². The average molecular weight is 330 g/mol. The first-order valence-electron chi connectivity index (χ1n) is 6.70. The van der Waals surface area contributed by atoms with Crippen molar-refractivity contribution in [3.63, 3.8) is 0 Å². The van der Waals surface area contributed by atoms with E-state index in [1.807, 2.05) is 13.0 Å². The van der Waals surface area contributed by atoms with E-state index >= 15 is 0 Å². The summed E-state index contributed by atoms with van der Waals surface area (Å²) in [7, 11) is 0. The molecule has 0 saturated carbocycles. The minimum atomic E-state index is -0.968. The first-order valence-corrected chi connectivity index (χ1v) is 7.51. The van der Waals surface area contributed by atoms with Gasteiger partial charge in [-0.05, 0) is 37.3 Å². The first-order chi connectivity index (χ1) is 11.0.